The molecule has 1 fully saturated rings. The number of thiazole rings is 1. The Hall–Kier alpha value is -4.02. The van der Waals surface area contributed by atoms with Gasteiger partial charge in [-0.15, -0.1) is 11.3 Å². The molecule has 1 saturated heterocycles. The minimum atomic E-state index is -0.0664. The van der Waals surface area contributed by atoms with Crippen LogP contribution in [-0.2, 0) is 27.4 Å². The molecule has 49 heavy (non-hydrogen) atoms. The number of hydrogen-bond donors (Lipinski definition) is 1. The molecule has 2 aliphatic heterocycles. The Morgan fingerprint density at radius 3 is 2.57 bits per heavy atom. The first kappa shape index (κ1) is 34.8. The van der Waals surface area contributed by atoms with E-state index in [1.54, 1.807) is 11.3 Å². The fourth-order valence-electron chi connectivity index (χ4n) is 6.38. The third-order valence-electron chi connectivity index (χ3n) is 9.26. The van der Waals surface area contributed by atoms with E-state index in [1.165, 1.54) is 10.4 Å². The molecule has 1 aromatic heterocycles. The van der Waals surface area contributed by atoms with Gasteiger partial charge in [0.05, 0.1) is 18.7 Å². The summed E-state index contributed by atoms with van der Waals surface area (Å²) < 4.78 is 17.0. The number of nitrogens with one attached hydrogen (secondary N) is 1. The van der Waals surface area contributed by atoms with Crippen molar-refractivity contribution in [3.05, 3.63) is 100 Å². The van der Waals surface area contributed by atoms with Crippen LogP contribution in [0.15, 0.2) is 84.0 Å². The first-order valence-electron chi connectivity index (χ1n) is 17.5. The van der Waals surface area contributed by atoms with Crippen LogP contribution in [0.5, 0.6) is 5.75 Å². The number of ether oxygens (including phenoxy) is 3. The van der Waals surface area contributed by atoms with Crippen LogP contribution >= 0.6 is 11.3 Å². The Bertz CT molecular complexity index is 1650. The van der Waals surface area contributed by atoms with Crippen LogP contribution in [0.1, 0.15) is 55.0 Å². The van der Waals surface area contributed by atoms with Gasteiger partial charge >= 0.3 is 0 Å². The van der Waals surface area contributed by atoms with Crippen LogP contribution < -0.4 is 15.0 Å². The Morgan fingerprint density at radius 2 is 1.82 bits per heavy atom. The molecule has 0 radical (unpaired) electrons. The third kappa shape index (κ3) is 9.79. The van der Waals surface area contributed by atoms with Gasteiger partial charge in [0.25, 0.3) is 5.91 Å². The molecule has 0 bridgehead atoms. The summed E-state index contributed by atoms with van der Waals surface area (Å²) in [5, 5.41) is 3.17. The van der Waals surface area contributed by atoms with E-state index in [4.69, 9.17) is 14.2 Å². The number of aromatic nitrogens is 1. The number of benzene rings is 3. The summed E-state index contributed by atoms with van der Waals surface area (Å²) in [5.41, 5.74) is 8.99. The zero-order valence-electron chi connectivity index (χ0n) is 28.7. The van der Waals surface area contributed by atoms with Gasteiger partial charge in [-0.3, -0.25) is 14.7 Å². The van der Waals surface area contributed by atoms with Gasteiger partial charge in [-0.05, 0) is 97.5 Å². The predicted molar refractivity (Wildman–Crippen MR) is 199 cm³/mol. The van der Waals surface area contributed by atoms with Gasteiger partial charge in [0.15, 0.2) is 0 Å². The van der Waals surface area contributed by atoms with Crippen molar-refractivity contribution in [3.63, 3.8) is 0 Å². The summed E-state index contributed by atoms with van der Waals surface area (Å²) in [7, 11) is 2.18. The highest BCUT2D eigenvalue weighted by atomic mass is 32.1. The largest absolute Gasteiger partial charge is 0.491 e. The van der Waals surface area contributed by atoms with Gasteiger partial charge in [-0.1, -0.05) is 43.7 Å². The molecule has 3 heterocycles. The molecule has 9 heteroatoms. The molecule has 0 spiro atoms. The van der Waals surface area contributed by atoms with Crippen molar-refractivity contribution in [2.24, 2.45) is 0 Å². The number of unbranched alkanes of at least 4 members (excludes halogenated alkanes) is 1. The van der Waals surface area contributed by atoms with Crippen molar-refractivity contribution < 1.29 is 19.0 Å². The molecule has 0 saturated carbocycles. The molecule has 4 aromatic rings. The molecule has 6 rings (SSSR count). The number of hydrogen-bond acceptors (Lipinski definition) is 8. The Morgan fingerprint density at radius 1 is 1.02 bits per heavy atom. The Kier molecular flexibility index (Phi) is 12.5. The van der Waals surface area contributed by atoms with Crippen LogP contribution in [0.2, 0.25) is 0 Å². The maximum absolute atomic E-state index is 13.7. The topological polar surface area (TPSA) is 76.2 Å². The molecule has 2 aliphatic rings. The van der Waals surface area contributed by atoms with Crippen molar-refractivity contribution in [2.75, 3.05) is 56.8 Å². The maximum Gasteiger partial charge on any atom is 0.251 e. The lowest BCUT2D eigenvalue weighted by atomic mass is 10.00. The zero-order valence-corrected chi connectivity index (χ0v) is 29.6. The lowest BCUT2D eigenvalue weighted by molar-refractivity contribution is -0.112. The number of nitrogens with zero attached hydrogens (tertiary/aromatic N) is 3. The van der Waals surface area contributed by atoms with Gasteiger partial charge in [-0.25, -0.2) is 0 Å². The summed E-state index contributed by atoms with van der Waals surface area (Å²) in [6.45, 7) is 8.09. The van der Waals surface area contributed by atoms with E-state index >= 15 is 0 Å². The summed E-state index contributed by atoms with van der Waals surface area (Å²) >= 11 is 1.65. The van der Waals surface area contributed by atoms with E-state index in [-0.39, 0.29) is 5.91 Å². The quantitative estimate of drug-likeness (QED) is 0.127. The fraction of sp³-hybridized carbons (Fsp3) is 0.400. The number of amides is 1. The normalized spacial score (nSPS) is 15.1. The first-order valence-corrected chi connectivity index (χ1v) is 18.4. The highest BCUT2D eigenvalue weighted by Crippen LogP contribution is 2.34. The molecular weight excluding hydrogens is 633 g/mol. The van der Waals surface area contributed by atoms with Crippen LogP contribution in [0.4, 0.5) is 11.4 Å². The summed E-state index contributed by atoms with van der Waals surface area (Å²) in [5.74, 6) is 0.759. The molecule has 3 aromatic carbocycles. The third-order valence-corrected chi connectivity index (χ3v) is 10.0. The van der Waals surface area contributed by atoms with Crippen molar-refractivity contribution in [1.82, 2.24) is 9.88 Å². The van der Waals surface area contributed by atoms with Crippen molar-refractivity contribution in [2.45, 2.75) is 58.2 Å². The van der Waals surface area contributed by atoms with Crippen LogP contribution in [0.25, 0.3) is 17.2 Å². The average Bonchev–Trinajstić information content (AvgIpc) is 3.58. The summed E-state index contributed by atoms with van der Waals surface area (Å²) in [6, 6.07) is 23.5. The second kappa shape index (κ2) is 17.6. The van der Waals surface area contributed by atoms with E-state index in [1.807, 2.05) is 36.0 Å². The van der Waals surface area contributed by atoms with Crippen molar-refractivity contribution >= 4 is 34.7 Å². The number of fused-ring (bicyclic) bond motifs is 1. The van der Waals surface area contributed by atoms with Crippen LogP contribution in [0, 0.1) is 0 Å². The monoisotopic (exact) mass is 680 g/mol. The minimum absolute atomic E-state index is 0.0664. The number of carbonyl (C=O) groups excluding carboxylic acids is 1. The highest BCUT2D eigenvalue weighted by molar-refractivity contribution is 7.09. The van der Waals surface area contributed by atoms with E-state index in [0.717, 1.165) is 105 Å². The Labute approximate surface area is 294 Å². The molecule has 0 aliphatic carbocycles. The van der Waals surface area contributed by atoms with E-state index in [0.29, 0.717) is 25.7 Å². The second-order valence-corrected chi connectivity index (χ2v) is 13.8. The minimum Gasteiger partial charge on any atom is -0.491 e. The smallest absolute Gasteiger partial charge is 0.251 e. The van der Waals surface area contributed by atoms with Gasteiger partial charge in [0.1, 0.15) is 12.4 Å². The molecular formula is C40H48N4O4S. The van der Waals surface area contributed by atoms with E-state index in [9.17, 15) is 4.79 Å². The molecule has 8 nitrogen and oxygen atoms in total. The summed E-state index contributed by atoms with van der Waals surface area (Å²) in [4.78, 5) is 24.0. The molecule has 0 unspecified atom stereocenters. The fourth-order valence-corrected chi connectivity index (χ4v) is 6.99. The highest BCUT2D eigenvalue weighted by Gasteiger charge is 2.22. The van der Waals surface area contributed by atoms with Crippen molar-refractivity contribution in [1.29, 1.82) is 0 Å². The van der Waals surface area contributed by atoms with Crippen molar-refractivity contribution in [3.8, 4) is 16.9 Å². The lowest BCUT2D eigenvalue weighted by Crippen LogP contribution is -2.36. The summed E-state index contributed by atoms with van der Waals surface area (Å²) in [6.07, 6.45) is 8.97. The molecule has 0 atom stereocenters. The van der Waals surface area contributed by atoms with Crippen LogP contribution in [-0.4, -0.2) is 68.5 Å². The molecule has 1 N–H and O–H groups in total. The lowest BCUT2D eigenvalue weighted by Gasteiger charge is -2.31. The average molecular weight is 681 g/mol. The van der Waals surface area contributed by atoms with Gasteiger partial charge in [-0.2, -0.15) is 0 Å². The SMILES string of the molecule is CCCCOCCOc1ccc(-c2ccc3c(c2)C=C(C(=O)Nc2ccc(CN(C)C4CCOCC4)cc2)CCN3Cc2cncs2)cc1. The van der Waals surface area contributed by atoms with Crippen LogP contribution in [0.3, 0.4) is 0 Å². The number of anilines is 2. The first-order chi connectivity index (χ1) is 24.1. The number of rotatable bonds is 15. The van der Waals surface area contributed by atoms with Gasteiger partial charge in [0, 0.05) is 67.0 Å². The standard InChI is InChI=1S/C40H48N4O4S/c1-3-4-19-46-22-23-48-37-12-7-31(8-13-37)32-9-14-39-34(24-32)25-33(15-18-44(39)28-38-26-41-29-49-38)40(45)42-35-10-5-30(6-11-35)27-43(2)36-16-20-47-21-17-36/h5-14,24-26,29,36H,3-4,15-23,27-28H2,1-2H3,(H,42,45). The number of carbonyl (C=O) groups is 1. The predicted octanol–water partition coefficient (Wildman–Crippen LogP) is 8.05. The van der Waals surface area contributed by atoms with Gasteiger partial charge < -0.3 is 24.4 Å². The zero-order chi connectivity index (χ0) is 33.8. The van der Waals surface area contributed by atoms with E-state index < -0.39 is 0 Å². The Balaban J connectivity index is 1.15. The van der Waals surface area contributed by atoms with E-state index in [2.05, 4.69) is 82.6 Å². The van der Waals surface area contributed by atoms with Gasteiger partial charge in [0.2, 0.25) is 0 Å². The molecule has 258 valence electrons. The molecule has 1 amide bonds. The maximum atomic E-state index is 13.7. The second-order valence-electron chi connectivity index (χ2n) is 12.8.